The fourth-order valence-electron chi connectivity index (χ4n) is 2.96. The van der Waals surface area contributed by atoms with Gasteiger partial charge in [0.2, 0.25) is 0 Å². The van der Waals surface area contributed by atoms with Crippen molar-refractivity contribution in [2.75, 3.05) is 13.7 Å². The maximum atomic E-state index is 13.0. The number of carbonyl (C=O) groups is 1. The number of amides is 1. The summed E-state index contributed by atoms with van der Waals surface area (Å²) in [6, 6.07) is 5.38. The van der Waals surface area contributed by atoms with Gasteiger partial charge >= 0.3 is 0 Å². The van der Waals surface area contributed by atoms with Crippen molar-refractivity contribution in [3.63, 3.8) is 0 Å². The predicted octanol–water partition coefficient (Wildman–Crippen LogP) is 2.29. The van der Waals surface area contributed by atoms with Crippen LogP contribution in [0.25, 0.3) is 5.69 Å². The van der Waals surface area contributed by atoms with Crippen molar-refractivity contribution in [3.05, 3.63) is 36.2 Å². The van der Waals surface area contributed by atoms with Crippen LogP contribution >= 0.6 is 0 Å². The number of hydrogen-bond donors (Lipinski definition) is 0. The Kier molecular flexibility index (Phi) is 3.60. The van der Waals surface area contributed by atoms with E-state index in [1.165, 1.54) is 4.80 Å². The first-order chi connectivity index (χ1) is 10.5. The standard InChI is InChI=1S/C16H20N4O2/c1-16(2)7-4-10-19(16)15(21)13-11-12(22-3)5-6-14(13)20-17-8-9-18-20/h5-6,8-9,11H,4,7,10H2,1-3H3. The molecule has 1 aliphatic heterocycles. The van der Waals surface area contributed by atoms with E-state index in [-0.39, 0.29) is 11.4 Å². The van der Waals surface area contributed by atoms with Crippen LogP contribution in [0.4, 0.5) is 0 Å². The van der Waals surface area contributed by atoms with E-state index in [0.29, 0.717) is 17.0 Å². The normalized spacial score (nSPS) is 16.8. The third-order valence-electron chi connectivity index (χ3n) is 4.21. The molecule has 0 spiro atoms. The SMILES string of the molecule is COc1ccc(-n2nccn2)c(C(=O)N2CCCC2(C)C)c1. The fourth-order valence-corrected chi connectivity index (χ4v) is 2.96. The highest BCUT2D eigenvalue weighted by Gasteiger charge is 2.36. The van der Waals surface area contributed by atoms with E-state index in [9.17, 15) is 4.79 Å². The lowest BCUT2D eigenvalue weighted by Crippen LogP contribution is -2.43. The van der Waals surface area contributed by atoms with Gasteiger partial charge in [-0.15, -0.1) is 0 Å². The van der Waals surface area contributed by atoms with Crippen LogP contribution in [-0.2, 0) is 0 Å². The highest BCUT2D eigenvalue weighted by Crippen LogP contribution is 2.31. The number of ether oxygens (including phenoxy) is 1. The topological polar surface area (TPSA) is 60.2 Å². The van der Waals surface area contributed by atoms with Gasteiger partial charge in [0.05, 0.1) is 30.8 Å². The molecule has 2 aromatic rings. The van der Waals surface area contributed by atoms with E-state index in [1.807, 2.05) is 17.0 Å². The summed E-state index contributed by atoms with van der Waals surface area (Å²) in [4.78, 5) is 16.4. The molecule has 6 heteroatoms. The van der Waals surface area contributed by atoms with Crippen LogP contribution in [0.5, 0.6) is 5.75 Å². The monoisotopic (exact) mass is 300 g/mol. The van der Waals surface area contributed by atoms with Gasteiger partial charge in [-0.3, -0.25) is 4.79 Å². The Labute approximate surface area is 129 Å². The molecule has 1 saturated heterocycles. The summed E-state index contributed by atoms with van der Waals surface area (Å²) in [5.41, 5.74) is 1.10. The van der Waals surface area contributed by atoms with Crippen LogP contribution < -0.4 is 4.74 Å². The van der Waals surface area contributed by atoms with Gasteiger partial charge in [-0.1, -0.05) is 0 Å². The first-order valence-electron chi connectivity index (χ1n) is 7.39. The first kappa shape index (κ1) is 14.6. The minimum Gasteiger partial charge on any atom is -0.497 e. The summed E-state index contributed by atoms with van der Waals surface area (Å²) in [7, 11) is 1.59. The van der Waals surface area contributed by atoms with E-state index < -0.39 is 0 Å². The van der Waals surface area contributed by atoms with Crippen molar-refractivity contribution in [2.45, 2.75) is 32.2 Å². The van der Waals surface area contributed by atoms with Crippen LogP contribution in [0.2, 0.25) is 0 Å². The quantitative estimate of drug-likeness (QED) is 0.872. The van der Waals surface area contributed by atoms with Gasteiger partial charge in [-0.05, 0) is 44.9 Å². The molecule has 6 nitrogen and oxygen atoms in total. The zero-order chi connectivity index (χ0) is 15.7. The van der Waals surface area contributed by atoms with Gasteiger partial charge < -0.3 is 9.64 Å². The third kappa shape index (κ3) is 2.45. The first-order valence-corrected chi connectivity index (χ1v) is 7.39. The summed E-state index contributed by atoms with van der Waals surface area (Å²) in [6.07, 6.45) is 5.23. The van der Waals surface area contributed by atoms with Crippen LogP contribution in [0.15, 0.2) is 30.6 Å². The average Bonchev–Trinajstić information content (AvgIpc) is 3.15. The molecule has 1 fully saturated rings. The van der Waals surface area contributed by atoms with Gasteiger partial charge in [0, 0.05) is 12.1 Å². The Hall–Kier alpha value is -2.37. The molecule has 2 heterocycles. The number of nitrogens with zero attached hydrogens (tertiary/aromatic N) is 4. The average molecular weight is 300 g/mol. The van der Waals surface area contributed by atoms with Crippen molar-refractivity contribution >= 4 is 5.91 Å². The van der Waals surface area contributed by atoms with E-state index in [0.717, 1.165) is 19.4 Å². The summed E-state index contributed by atoms with van der Waals surface area (Å²) < 4.78 is 5.27. The number of aromatic nitrogens is 3. The zero-order valence-corrected chi connectivity index (χ0v) is 13.1. The second kappa shape index (κ2) is 5.44. The maximum absolute atomic E-state index is 13.0. The molecular weight excluding hydrogens is 280 g/mol. The van der Waals surface area contributed by atoms with E-state index in [4.69, 9.17) is 4.74 Å². The van der Waals surface area contributed by atoms with Gasteiger partial charge in [0.25, 0.3) is 5.91 Å². The Morgan fingerprint density at radius 2 is 2.00 bits per heavy atom. The lowest BCUT2D eigenvalue weighted by molar-refractivity contribution is 0.0651. The van der Waals surface area contributed by atoms with Crippen molar-refractivity contribution in [1.29, 1.82) is 0 Å². The van der Waals surface area contributed by atoms with Gasteiger partial charge in [-0.2, -0.15) is 15.0 Å². The molecule has 0 N–H and O–H groups in total. The van der Waals surface area contributed by atoms with Gasteiger partial charge in [0.15, 0.2) is 0 Å². The Morgan fingerprint density at radius 3 is 2.59 bits per heavy atom. The van der Waals surface area contributed by atoms with Crippen LogP contribution in [0.3, 0.4) is 0 Å². The molecule has 0 saturated carbocycles. The lowest BCUT2D eigenvalue weighted by Gasteiger charge is -2.32. The van der Waals surface area contributed by atoms with Crippen LogP contribution in [-0.4, -0.2) is 45.0 Å². The van der Waals surface area contributed by atoms with Gasteiger partial charge in [0.1, 0.15) is 5.75 Å². The maximum Gasteiger partial charge on any atom is 0.256 e. The molecule has 0 aliphatic carbocycles. The number of methoxy groups -OCH3 is 1. The second-order valence-corrected chi connectivity index (χ2v) is 6.07. The molecule has 116 valence electrons. The molecular formula is C16H20N4O2. The molecule has 22 heavy (non-hydrogen) atoms. The minimum atomic E-state index is -0.130. The predicted molar refractivity (Wildman–Crippen MR) is 82.3 cm³/mol. The number of carbonyl (C=O) groups excluding carboxylic acids is 1. The molecule has 1 aliphatic rings. The van der Waals surface area contributed by atoms with E-state index in [2.05, 4.69) is 24.0 Å². The largest absolute Gasteiger partial charge is 0.497 e. The molecule has 3 rings (SSSR count). The van der Waals surface area contributed by atoms with E-state index in [1.54, 1.807) is 25.6 Å². The van der Waals surface area contributed by atoms with Crippen molar-refractivity contribution in [2.24, 2.45) is 0 Å². The number of rotatable bonds is 3. The summed E-state index contributed by atoms with van der Waals surface area (Å²) in [5, 5.41) is 8.28. The molecule has 1 aromatic carbocycles. The Balaban J connectivity index is 2.06. The van der Waals surface area contributed by atoms with Crippen molar-refractivity contribution in [1.82, 2.24) is 19.9 Å². The number of benzene rings is 1. The Bertz CT molecular complexity index is 679. The molecule has 0 bridgehead atoms. The molecule has 0 atom stereocenters. The van der Waals surface area contributed by atoms with Crippen molar-refractivity contribution in [3.8, 4) is 11.4 Å². The molecule has 0 radical (unpaired) electrons. The summed E-state index contributed by atoms with van der Waals surface area (Å²) >= 11 is 0. The number of hydrogen-bond acceptors (Lipinski definition) is 4. The van der Waals surface area contributed by atoms with Gasteiger partial charge in [-0.25, -0.2) is 0 Å². The van der Waals surface area contributed by atoms with Crippen LogP contribution in [0.1, 0.15) is 37.0 Å². The van der Waals surface area contributed by atoms with Crippen molar-refractivity contribution < 1.29 is 9.53 Å². The molecule has 1 amide bonds. The smallest absolute Gasteiger partial charge is 0.256 e. The fraction of sp³-hybridized carbons (Fsp3) is 0.438. The number of likely N-dealkylation sites (tertiary alicyclic amines) is 1. The summed E-state index contributed by atoms with van der Waals surface area (Å²) in [5.74, 6) is 0.643. The summed E-state index contributed by atoms with van der Waals surface area (Å²) in [6.45, 7) is 4.98. The minimum absolute atomic E-state index is 0.00583. The molecule has 1 aromatic heterocycles. The Morgan fingerprint density at radius 1 is 1.27 bits per heavy atom. The van der Waals surface area contributed by atoms with Crippen LogP contribution in [0, 0.1) is 0 Å². The highest BCUT2D eigenvalue weighted by molar-refractivity contribution is 5.98. The highest BCUT2D eigenvalue weighted by atomic mass is 16.5. The zero-order valence-electron chi connectivity index (χ0n) is 13.1. The third-order valence-corrected chi connectivity index (χ3v) is 4.21. The lowest BCUT2D eigenvalue weighted by atomic mass is 10.0. The molecule has 0 unspecified atom stereocenters. The second-order valence-electron chi connectivity index (χ2n) is 6.07. The van der Waals surface area contributed by atoms with E-state index >= 15 is 0 Å².